The predicted octanol–water partition coefficient (Wildman–Crippen LogP) is 1.04. The maximum Gasteiger partial charge on any atom is 0.223 e. The average molecular weight is 348 g/mol. The maximum absolute atomic E-state index is 12.6. The molecule has 6 nitrogen and oxygen atoms in total. The highest BCUT2D eigenvalue weighted by atomic mass is 16.5. The van der Waals surface area contributed by atoms with E-state index in [1.165, 1.54) is 0 Å². The molecule has 1 aliphatic heterocycles. The fourth-order valence-electron chi connectivity index (χ4n) is 3.85. The molecule has 0 unspecified atom stereocenters. The fraction of sp³-hybridized carbons (Fsp3) is 0.632. The van der Waals surface area contributed by atoms with Gasteiger partial charge in [-0.05, 0) is 39.1 Å². The molecule has 1 aliphatic carbocycles. The summed E-state index contributed by atoms with van der Waals surface area (Å²) in [7, 11) is 3.85. The van der Waals surface area contributed by atoms with Gasteiger partial charge in [0.1, 0.15) is 18.0 Å². The summed E-state index contributed by atoms with van der Waals surface area (Å²) in [6.45, 7) is 1.28. The van der Waals surface area contributed by atoms with E-state index in [1.807, 2.05) is 49.3 Å². The number of aliphatic hydroxyl groups is 1. The second-order valence-corrected chi connectivity index (χ2v) is 7.15. The van der Waals surface area contributed by atoms with Crippen molar-refractivity contribution in [2.24, 2.45) is 5.92 Å². The third kappa shape index (κ3) is 4.32. The van der Waals surface area contributed by atoms with Gasteiger partial charge in [-0.2, -0.15) is 0 Å². The first-order valence-electron chi connectivity index (χ1n) is 9.00. The smallest absolute Gasteiger partial charge is 0.223 e. The molecule has 2 fully saturated rings. The SMILES string of the molecule is CN(C)[C@@H]1[C@@H](O)[C@H](Oc2ccccc2)C[C@H]1NC(=O)C1CCOCC1. The van der Waals surface area contributed by atoms with Crippen LogP contribution in [0.2, 0.25) is 0 Å². The number of rotatable bonds is 5. The standard InChI is InChI=1S/C19H28N2O4/c1-21(2)17-15(20-19(23)13-8-10-24-11-9-13)12-16(18(17)22)25-14-6-4-3-5-7-14/h3-7,13,15-18,22H,8-12H2,1-2H3,(H,20,23)/t15-,16-,17+,18+/m1/s1. The minimum absolute atomic E-state index is 0.00259. The monoisotopic (exact) mass is 348 g/mol. The first-order valence-corrected chi connectivity index (χ1v) is 9.00. The summed E-state index contributed by atoms with van der Waals surface area (Å²) < 4.78 is 11.3. The first-order chi connectivity index (χ1) is 12.1. The van der Waals surface area contributed by atoms with Gasteiger partial charge in [-0.25, -0.2) is 0 Å². The highest BCUT2D eigenvalue weighted by Gasteiger charge is 2.46. The summed E-state index contributed by atoms with van der Waals surface area (Å²) in [6.07, 6.45) is 1.12. The molecule has 0 aromatic heterocycles. The number of likely N-dealkylation sites (N-methyl/N-ethyl adjacent to an activating group) is 1. The third-order valence-electron chi connectivity index (χ3n) is 5.18. The van der Waals surface area contributed by atoms with Gasteiger partial charge in [0.15, 0.2) is 0 Å². The minimum atomic E-state index is -0.657. The summed E-state index contributed by atoms with van der Waals surface area (Å²) in [5.74, 6) is 0.802. The number of nitrogens with zero attached hydrogens (tertiary/aromatic N) is 1. The summed E-state index contributed by atoms with van der Waals surface area (Å²) in [5.41, 5.74) is 0. The lowest BCUT2D eigenvalue weighted by molar-refractivity contribution is -0.129. The summed E-state index contributed by atoms with van der Waals surface area (Å²) in [4.78, 5) is 14.6. The topological polar surface area (TPSA) is 71.0 Å². The number of benzene rings is 1. The number of ether oxygens (including phenoxy) is 2. The Kier molecular flexibility index (Phi) is 5.93. The van der Waals surface area contributed by atoms with Crippen LogP contribution in [0.25, 0.3) is 0 Å². The van der Waals surface area contributed by atoms with Crippen molar-refractivity contribution in [2.75, 3.05) is 27.3 Å². The Balaban J connectivity index is 1.66. The molecular formula is C19H28N2O4. The number of carbonyl (C=O) groups excluding carboxylic acids is 1. The number of aliphatic hydroxyl groups excluding tert-OH is 1. The van der Waals surface area contributed by atoms with Crippen LogP contribution in [0.3, 0.4) is 0 Å². The molecule has 0 spiro atoms. The molecule has 138 valence electrons. The van der Waals surface area contributed by atoms with Crippen LogP contribution in [-0.2, 0) is 9.53 Å². The van der Waals surface area contributed by atoms with Crippen LogP contribution in [-0.4, -0.2) is 67.5 Å². The number of amides is 1. The van der Waals surface area contributed by atoms with Crippen molar-refractivity contribution >= 4 is 5.91 Å². The van der Waals surface area contributed by atoms with E-state index in [0.29, 0.717) is 19.6 Å². The Labute approximate surface area is 149 Å². The molecule has 25 heavy (non-hydrogen) atoms. The molecule has 6 heteroatoms. The van der Waals surface area contributed by atoms with E-state index in [4.69, 9.17) is 9.47 Å². The van der Waals surface area contributed by atoms with E-state index >= 15 is 0 Å². The number of hydrogen-bond acceptors (Lipinski definition) is 5. The van der Waals surface area contributed by atoms with E-state index in [2.05, 4.69) is 5.32 Å². The minimum Gasteiger partial charge on any atom is -0.488 e. The Bertz CT molecular complexity index is 560. The van der Waals surface area contributed by atoms with Crippen molar-refractivity contribution in [3.8, 4) is 5.75 Å². The molecule has 1 saturated heterocycles. The molecule has 4 atom stereocenters. The molecule has 3 rings (SSSR count). The zero-order valence-corrected chi connectivity index (χ0v) is 14.9. The quantitative estimate of drug-likeness (QED) is 0.832. The van der Waals surface area contributed by atoms with Crippen LogP contribution in [0.5, 0.6) is 5.75 Å². The van der Waals surface area contributed by atoms with Gasteiger partial charge in [-0.15, -0.1) is 0 Å². The zero-order valence-electron chi connectivity index (χ0n) is 14.9. The van der Waals surface area contributed by atoms with E-state index < -0.39 is 6.10 Å². The van der Waals surface area contributed by atoms with Crippen LogP contribution in [0, 0.1) is 5.92 Å². The molecule has 1 amide bonds. The molecule has 2 aliphatic rings. The van der Waals surface area contributed by atoms with Crippen molar-refractivity contribution in [3.05, 3.63) is 30.3 Å². The lowest BCUT2D eigenvalue weighted by atomic mass is 9.98. The van der Waals surface area contributed by atoms with Crippen molar-refractivity contribution in [2.45, 2.75) is 43.6 Å². The molecule has 1 heterocycles. The predicted molar refractivity (Wildman–Crippen MR) is 94.4 cm³/mol. The first kappa shape index (κ1) is 18.2. The molecule has 1 aromatic carbocycles. The van der Waals surface area contributed by atoms with Gasteiger partial charge in [0, 0.05) is 25.6 Å². The van der Waals surface area contributed by atoms with Gasteiger partial charge in [-0.1, -0.05) is 18.2 Å². The van der Waals surface area contributed by atoms with Crippen LogP contribution in [0.15, 0.2) is 30.3 Å². The molecule has 0 radical (unpaired) electrons. The lowest BCUT2D eigenvalue weighted by Gasteiger charge is -2.30. The molecule has 0 bridgehead atoms. The summed E-state index contributed by atoms with van der Waals surface area (Å²) in [6, 6.07) is 9.20. The Morgan fingerprint density at radius 3 is 2.56 bits per heavy atom. The van der Waals surface area contributed by atoms with Crippen LogP contribution in [0.4, 0.5) is 0 Å². The molecule has 2 N–H and O–H groups in total. The summed E-state index contributed by atoms with van der Waals surface area (Å²) in [5, 5.41) is 13.9. The highest BCUT2D eigenvalue weighted by molar-refractivity contribution is 5.79. The Morgan fingerprint density at radius 1 is 1.24 bits per heavy atom. The largest absolute Gasteiger partial charge is 0.488 e. The Hall–Kier alpha value is -1.63. The number of carbonyl (C=O) groups is 1. The van der Waals surface area contributed by atoms with E-state index in [1.54, 1.807) is 0 Å². The van der Waals surface area contributed by atoms with Gasteiger partial charge < -0.3 is 24.8 Å². The Morgan fingerprint density at radius 2 is 1.92 bits per heavy atom. The van der Waals surface area contributed by atoms with Gasteiger partial charge in [-0.3, -0.25) is 4.79 Å². The maximum atomic E-state index is 12.6. The van der Waals surface area contributed by atoms with Crippen molar-refractivity contribution in [1.82, 2.24) is 10.2 Å². The zero-order chi connectivity index (χ0) is 17.8. The molecule has 1 saturated carbocycles. The second-order valence-electron chi connectivity index (χ2n) is 7.15. The molecular weight excluding hydrogens is 320 g/mol. The van der Waals surface area contributed by atoms with Gasteiger partial charge >= 0.3 is 0 Å². The average Bonchev–Trinajstić information content (AvgIpc) is 2.92. The number of nitrogens with one attached hydrogen (secondary N) is 1. The van der Waals surface area contributed by atoms with E-state index in [0.717, 1.165) is 18.6 Å². The second kappa shape index (κ2) is 8.17. The highest BCUT2D eigenvalue weighted by Crippen LogP contribution is 2.29. The summed E-state index contributed by atoms with van der Waals surface area (Å²) >= 11 is 0. The van der Waals surface area contributed by atoms with Crippen molar-refractivity contribution in [1.29, 1.82) is 0 Å². The molecule has 1 aromatic rings. The number of para-hydroxylation sites is 1. The van der Waals surface area contributed by atoms with Crippen molar-refractivity contribution < 1.29 is 19.4 Å². The van der Waals surface area contributed by atoms with Crippen LogP contribution in [0.1, 0.15) is 19.3 Å². The van der Waals surface area contributed by atoms with Crippen LogP contribution < -0.4 is 10.1 Å². The van der Waals surface area contributed by atoms with Gasteiger partial charge in [0.05, 0.1) is 12.1 Å². The lowest BCUT2D eigenvalue weighted by Crippen LogP contribution is -2.52. The van der Waals surface area contributed by atoms with Crippen molar-refractivity contribution in [3.63, 3.8) is 0 Å². The number of hydrogen-bond donors (Lipinski definition) is 2. The van der Waals surface area contributed by atoms with Crippen LogP contribution >= 0.6 is 0 Å². The van der Waals surface area contributed by atoms with Gasteiger partial charge in [0.2, 0.25) is 5.91 Å². The van der Waals surface area contributed by atoms with E-state index in [9.17, 15) is 9.90 Å². The normalized spacial score (nSPS) is 30.4. The van der Waals surface area contributed by atoms with Gasteiger partial charge in [0.25, 0.3) is 0 Å². The fourth-order valence-corrected chi connectivity index (χ4v) is 3.85. The van der Waals surface area contributed by atoms with E-state index in [-0.39, 0.29) is 30.0 Å². The third-order valence-corrected chi connectivity index (χ3v) is 5.18.